The number of carbonyl (C=O) groups is 3. The minimum atomic E-state index is -0.519. The van der Waals surface area contributed by atoms with Gasteiger partial charge in [0.2, 0.25) is 11.8 Å². The summed E-state index contributed by atoms with van der Waals surface area (Å²) in [6.07, 6.45) is 0. The number of ether oxygens (including phenoxy) is 1. The number of rotatable bonds is 8. The molecule has 3 rings (SSSR count). The first kappa shape index (κ1) is 22.9. The van der Waals surface area contributed by atoms with Gasteiger partial charge in [0.25, 0.3) is 5.91 Å². The molecule has 0 bridgehead atoms. The van der Waals surface area contributed by atoms with Crippen molar-refractivity contribution in [2.45, 2.75) is 17.1 Å². The van der Waals surface area contributed by atoms with Gasteiger partial charge in [-0.2, -0.15) is 0 Å². The quantitative estimate of drug-likeness (QED) is 0.447. The fraction of sp³-hybridized carbons (Fsp3) is 0.125. The average molecular weight is 450 g/mol. The summed E-state index contributed by atoms with van der Waals surface area (Å²) in [5.41, 5.74) is 7.33. The number of primary amides is 1. The third-order valence-corrected chi connectivity index (χ3v) is 5.68. The standard InChI is InChI=1S/C24H23N3O4S/c1-15(23(29)26-18-8-6-16(7-9-18)22(25)28)32-21-12-10-19(11-13-21)27-24(30)17-4-3-5-20(14-17)31-2/h3-15H,1-2H3,(H2,25,28)(H,26,29)(H,27,30). The van der Waals surface area contributed by atoms with Crippen molar-refractivity contribution in [1.82, 2.24) is 0 Å². The van der Waals surface area contributed by atoms with Crippen LogP contribution in [0.3, 0.4) is 0 Å². The van der Waals surface area contributed by atoms with Gasteiger partial charge in [-0.15, -0.1) is 11.8 Å². The van der Waals surface area contributed by atoms with Crippen LogP contribution in [0, 0.1) is 0 Å². The number of hydrogen-bond donors (Lipinski definition) is 3. The second-order valence-electron chi connectivity index (χ2n) is 6.90. The van der Waals surface area contributed by atoms with Crippen LogP contribution in [-0.4, -0.2) is 30.1 Å². The molecule has 4 N–H and O–H groups in total. The summed E-state index contributed by atoms with van der Waals surface area (Å²) in [6.45, 7) is 1.80. The number of nitrogens with two attached hydrogens (primary N) is 1. The number of hydrogen-bond acceptors (Lipinski definition) is 5. The maximum atomic E-state index is 12.5. The van der Waals surface area contributed by atoms with Gasteiger partial charge in [-0.25, -0.2) is 0 Å². The molecule has 0 heterocycles. The first-order chi connectivity index (χ1) is 15.4. The Kier molecular flexibility index (Phi) is 7.51. The van der Waals surface area contributed by atoms with Crippen molar-refractivity contribution >= 4 is 40.9 Å². The van der Waals surface area contributed by atoms with E-state index in [1.807, 2.05) is 12.1 Å². The molecule has 1 atom stereocenters. The first-order valence-corrected chi connectivity index (χ1v) is 10.7. The molecule has 32 heavy (non-hydrogen) atoms. The van der Waals surface area contributed by atoms with E-state index in [0.29, 0.717) is 28.3 Å². The highest BCUT2D eigenvalue weighted by molar-refractivity contribution is 8.00. The van der Waals surface area contributed by atoms with E-state index in [4.69, 9.17) is 10.5 Å². The zero-order valence-corrected chi connectivity index (χ0v) is 18.4. The van der Waals surface area contributed by atoms with Crippen molar-refractivity contribution < 1.29 is 19.1 Å². The molecule has 0 saturated carbocycles. The topological polar surface area (TPSA) is 111 Å². The van der Waals surface area contributed by atoms with Gasteiger partial charge in [0.1, 0.15) is 5.75 Å². The summed E-state index contributed by atoms with van der Waals surface area (Å²) in [5.74, 6) is -0.313. The van der Waals surface area contributed by atoms with E-state index in [0.717, 1.165) is 4.90 Å². The molecule has 1 unspecified atom stereocenters. The molecule has 3 amide bonds. The van der Waals surface area contributed by atoms with Gasteiger partial charge in [-0.1, -0.05) is 6.07 Å². The molecule has 0 radical (unpaired) electrons. The number of nitrogens with one attached hydrogen (secondary N) is 2. The van der Waals surface area contributed by atoms with Crippen LogP contribution in [0.2, 0.25) is 0 Å². The fourth-order valence-corrected chi connectivity index (χ4v) is 3.67. The van der Waals surface area contributed by atoms with Crippen molar-refractivity contribution in [2.75, 3.05) is 17.7 Å². The van der Waals surface area contributed by atoms with Gasteiger partial charge in [0.05, 0.1) is 12.4 Å². The summed E-state index contributed by atoms with van der Waals surface area (Å²) in [6, 6.07) is 20.6. The molecule has 8 heteroatoms. The van der Waals surface area contributed by atoms with Crippen LogP contribution >= 0.6 is 11.8 Å². The van der Waals surface area contributed by atoms with E-state index < -0.39 is 5.91 Å². The molecule has 0 saturated heterocycles. The summed E-state index contributed by atoms with van der Waals surface area (Å²) < 4.78 is 5.15. The van der Waals surface area contributed by atoms with Crippen LogP contribution in [0.15, 0.2) is 77.7 Å². The van der Waals surface area contributed by atoms with Crippen LogP contribution in [0.5, 0.6) is 5.75 Å². The lowest BCUT2D eigenvalue weighted by Crippen LogP contribution is -2.22. The Balaban J connectivity index is 1.55. The third kappa shape index (κ3) is 6.12. The van der Waals surface area contributed by atoms with Crippen molar-refractivity contribution in [3.05, 3.63) is 83.9 Å². The van der Waals surface area contributed by atoms with Crippen LogP contribution in [0.1, 0.15) is 27.6 Å². The summed E-state index contributed by atoms with van der Waals surface area (Å²) in [7, 11) is 1.55. The first-order valence-electron chi connectivity index (χ1n) is 9.78. The lowest BCUT2D eigenvalue weighted by Gasteiger charge is -2.13. The zero-order chi connectivity index (χ0) is 23.1. The lowest BCUT2D eigenvalue weighted by atomic mass is 10.2. The van der Waals surface area contributed by atoms with Crippen molar-refractivity contribution in [1.29, 1.82) is 0 Å². The minimum Gasteiger partial charge on any atom is -0.497 e. The van der Waals surface area contributed by atoms with E-state index in [1.165, 1.54) is 11.8 Å². The molecule has 0 aliphatic carbocycles. The largest absolute Gasteiger partial charge is 0.497 e. The Bertz CT molecular complexity index is 1110. The predicted molar refractivity (Wildman–Crippen MR) is 126 cm³/mol. The summed E-state index contributed by atoms with van der Waals surface area (Å²) >= 11 is 1.39. The fourth-order valence-electron chi connectivity index (χ4n) is 2.80. The van der Waals surface area contributed by atoms with Crippen molar-refractivity contribution in [3.63, 3.8) is 0 Å². The Hall–Kier alpha value is -3.78. The van der Waals surface area contributed by atoms with Crippen molar-refractivity contribution in [2.24, 2.45) is 5.73 Å². The van der Waals surface area contributed by atoms with Crippen LogP contribution < -0.4 is 21.1 Å². The summed E-state index contributed by atoms with van der Waals surface area (Å²) in [4.78, 5) is 36.9. The average Bonchev–Trinajstić information content (AvgIpc) is 2.80. The molecule has 0 aromatic heterocycles. The molecule has 164 valence electrons. The monoisotopic (exact) mass is 449 g/mol. The van der Waals surface area contributed by atoms with E-state index in [9.17, 15) is 14.4 Å². The van der Waals surface area contributed by atoms with Crippen LogP contribution in [0.25, 0.3) is 0 Å². The Morgan fingerprint density at radius 3 is 2.12 bits per heavy atom. The Labute approximate surface area is 190 Å². The van der Waals surface area contributed by atoms with Crippen LogP contribution in [-0.2, 0) is 4.79 Å². The van der Waals surface area contributed by atoms with Crippen LogP contribution in [0.4, 0.5) is 11.4 Å². The maximum absolute atomic E-state index is 12.5. The molecule has 3 aromatic carbocycles. The lowest BCUT2D eigenvalue weighted by molar-refractivity contribution is -0.115. The molecule has 0 fully saturated rings. The second-order valence-corrected chi connectivity index (χ2v) is 8.32. The van der Waals surface area contributed by atoms with E-state index in [-0.39, 0.29) is 17.1 Å². The number of benzene rings is 3. The second kappa shape index (κ2) is 10.5. The molecule has 7 nitrogen and oxygen atoms in total. The molecule has 0 aliphatic rings. The smallest absolute Gasteiger partial charge is 0.255 e. The van der Waals surface area contributed by atoms with E-state index >= 15 is 0 Å². The molecule has 3 aromatic rings. The highest BCUT2D eigenvalue weighted by Crippen LogP contribution is 2.26. The number of thioether (sulfide) groups is 1. The van der Waals surface area contributed by atoms with Gasteiger partial charge in [-0.3, -0.25) is 14.4 Å². The molecular weight excluding hydrogens is 426 g/mol. The SMILES string of the molecule is COc1cccc(C(=O)Nc2ccc(SC(C)C(=O)Nc3ccc(C(N)=O)cc3)cc2)c1. The van der Waals surface area contributed by atoms with E-state index in [2.05, 4.69) is 10.6 Å². The highest BCUT2D eigenvalue weighted by atomic mass is 32.2. The third-order valence-electron chi connectivity index (χ3n) is 4.56. The van der Waals surface area contributed by atoms with Crippen molar-refractivity contribution in [3.8, 4) is 5.75 Å². The number of methoxy groups -OCH3 is 1. The highest BCUT2D eigenvalue weighted by Gasteiger charge is 2.15. The Morgan fingerprint density at radius 1 is 0.875 bits per heavy atom. The van der Waals surface area contributed by atoms with Gasteiger partial charge in [0, 0.05) is 27.4 Å². The normalized spacial score (nSPS) is 11.3. The number of carbonyl (C=O) groups excluding carboxylic acids is 3. The maximum Gasteiger partial charge on any atom is 0.255 e. The predicted octanol–water partition coefficient (Wildman–Crippen LogP) is 4.17. The van der Waals surface area contributed by atoms with Gasteiger partial charge in [0.15, 0.2) is 0 Å². The molecular formula is C24H23N3O4S. The Morgan fingerprint density at radius 2 is 1.50 bits per heavy atom. The number of anilines is 2. The number of amides is 3. The zero-order valence-electron chi connectivity index (χ0n) is 17.6. The minimum absolute atomic E-state index is 0.169. The van der Waals surface area contributed by atoms with Gasteiger partial charge < -0.3 is 21.1 Å². The van der Waals surface area contributed by atoms with E-state index in [1.54, 1.807) is 74.7 Å². The van der Waals surface area contributed by atoms with Gasteiger partial charge in [-0.05, 0) is 73.7 Å². The molecule has 0 aliphatic heterocycles. The van der Waals surface area contributed by atoms with Gasteiger partial charge >= 0.3 is 0 Å². The summed E-state index contributed by atoms with van der Waals surface area (Å²) in [5, 5.41) is 5.30. The molecule has 0 spiro atoms.